The van der Waals surface area contributed by atoms with Crippen molar-refractivity contribution >= 4 is 46.5 Å². The van der Waals surface area contributed by atoms with Crippen LogP contribution in [0.2, 0.25) is 0 Å². The van der Waals surface area contributed by atoms with Crippen LogP contribution in [-0.2, 0) is 14.3 Å². The summed E-state index contributed by atoms with van der Waals surface area (Å²) < 4.78 is 22.0. The van der Waals surface area contributed by atoms with Crippen LogP contribution in [0.25, 0.3) is 17.3 Å². The molecule has 0 fully saturated rings. The van der Waals surface area contributed by atoms with Gasteiger partial charge in [-0.1, -0.05) is 35.5 Å². The first-order valence-corrected chi connectivity index (χ1v) is 10.6. The number of carbonyl (C=O) groups excluding carboxylic acids is 2. The van der Waals surface area contributed by atoms with Crippen molar-refractivity contribution in [3.63, 3.8) is 0 Å². The number of aliphatic imine (C=N–C) groups is 1. The van der Waals surface area contributed by atoms with Gasteiger partial charge < -0.3 is 18.7 Å². The third-order valence-corrected chi connectivity index (χ3v) is 5.35. The zero-order chi connectivity index (χ0) is 22.8. The minimum absolute atomic E-state index is 0.109. The summed E-state index contributed by atoms with van der Waals surface area (Å²) in [5.74, 6) is 0.219. The summed E-state index contributed by atoms with van der Waals surface area (Å²) in [4.78, 5) is 28.3. The molecule has 8 nitrogen and oxygen atoms in total. The number of hydrogen-bond acceptors (Lipinski definition) is 8. The standard InChI is InChI=1S/C23H17IN2O6/c1-12-19(20(26-32-12)15-7-5-4-6-8-15)22-25-17(23(28)31-22)10-14-9-16(24)21(30-13(2)27)18(11-14)29-3/h4-11H,1-3H3/b17-10-. The minimum atomic E-state index is -0.599. The molecule has 0 atom stereocenters. The Morgan fingerprint density at radius 1 is 1.19 bits per heavy atom. The van der Waals surface area contributed by atoms with Crippen molar-refractivity contribution in [3.05, 3.63) is 68.6 Å². The molecule has 0 spiro atoms. The molecular weight excluding hydrogens is 527 g/mol. The fraction of sp³-hybridized carbons (Fsp3) is 0.130. The Bertz CT molecular complexity index is 1280. The van der Waals surface area contributed by atoms with E-state index in [0.29, 0.717) is 37.7 Å². The van der Waals surface area contributed by atoms with E-state index in [4.69, 9.17) is 18.7 Å². The molecule has 0 radical (unpaired) electrons. The van der Waals surface area contributed by atoms with E-state index in [1.54, 1.807) is 25.1 Å². The van der Waals surface area contributed by atoms with Crippen LogP contribution >= 0.6 is 22.6 Å². The van der Waals surface area contributed by atoms with Gasteiger partial charge in [-0.2, -0.15) is 0 Å². The fourth-order valence-corrected chi connectivity index (χ4v) is 3.89. The maximum absolute atomic E-state index is 12.5. The van der Waals surface area contributed by atoms with Crippen LogP contribution in [0.5, 0.6) is 11.5 Å². The van der Waals surface area contributed by atoms with Gasteiger partial charge in [0.15, 0.2) is 17.2 Å². The van der Waals surface area contributed by atoms with E-state index < -0.39 is 11.9 Å². The number of aromatic nitrogens is 1. The molecule has 32 heavy (non-hydrogen) atoms. The number of aryl methyl sites for hydroxylation is 1. The summed E-state index contributed by atoms with van der Waals surface area (Å²) in [7, 11) is 1.47. The molecule has 2 heterocycles. The Kier molecular flexibility index (Phi) is 6.08. The summed E-state index contributed by atoms with van der Waals surface area (Å²) in [6.07, 6.45) is 1.57. The van der Waals surface area contributed by atoms with E-state index >= 15 is 0 Å². The molecule has 162 valence electrons. The van der Waals surface area contributed by atoms with Gasteiger partial charge in [0.25, 0.3) is 0 Å². The number of hydrogen-bond donors (Lipinski definition) is 0. The monoisotopic (exact) mass is 544 g/mol. The van der Waals surface area contributed by atoms with Gasteiger partial charge in [-0.05, 0) is 53.3 Å². The Morgan fingerprint density at radius 3 is 2.62 bits per heavy atom. The minimum Gasteiger partial charge on any atom is -0.493 e. The second-order valence-electron chi connectivity index (χ2n) is 6.79. The van der Waals surface area contributed by atoms with Crippen molar-refractivity contribution < 1.29 is 28.3 Å². The molecule has 1 aliphatic rings. The lowest BCUT2D eigenvalue weighted by molar-refractivity contribution is -0.132. The summed E-state index contributed by atoms with van der Waals surface area (Å²) in [6, 6.07) is 12.8. The second-order valence-corrected chi connectivity index (χ2v) is 7.95. The van der Waals surface area contributed by atoms with Crippen LogP contribution in [0, 0.1) is 10.5 Å². The summed E-state index contributed by atoms with van der Waals surface area (Å²) in [5, 5.41) is 4.11. The summed E-state index contributed by atoms with van der Waals surface area (Å²) in [6.45, 7) is 3.04. The Morgan fingerprint density at radius 2 is 1.94 bits per heavy atom. The average molecular weight is 544 g/mol. The lowest BCUT2D eigenvalue weighted by Gasteiger charge is -2.11. The number of methoxy groups -OCH3 is 1. The topological polar surface area (TPSA) is 100 Å². The Balaban J connectivity index is 1.73. The van der Waals surface area contributed by atoms with Crippen LogP contribution in [-0.4, -0.2) is 30.1 Å². The van der Waals surface area contributed by atoms with Crippen molar-refractivity contribution in [2.24, 2.45) is 4.99 Å². The van der Waals surface area contributed by atoms with E-state index in [1.807, 2.05) is 52.9 Å². The van der Waals surface area contributed by atoms with Gasteiger partial charge in [0.1, 0.15) is 17.0 Å². The van der Waals surface area contributed by atoms with E-state index in [9.17, 15) is 9.59 Å². The molecule has 0 bridgehead atoms. The smallest absolute Gasteiger partial charge is 0.363 e. The van der Waals surface area contributed by atoms with E-state index in [0.717, 1.165) is 5.56 Å². The lowest BCUT2D eigenvalue weighted by atomic mass is 10.1. The normalized spacial score (nSPS) is 14.3. The van der Waals surface area contributed by atoms with Crippen molar-refractivity contribution in [2.75, 3.05) is 7.11 Å². The molecule has 0 N–H and O–H groups in total. The van der Waals surface area contributed by atoms with Gasteiger partial charge in [-0.15, -0.1) is 0 Å². The molecule has 0 amide bonds. The highest BCUT2D eigenvalue weighted by Crippen LogP contribution is 2.35. The fourth-order valence-electron chi connectivity index (χ4n) is 3.16. The predicted molar refractivity (Wildman–Crippen MR) is 124 cm³/mol. The van der Waals surface area contributed by atoms with Crippen molar-refractivity contribution in [1.29, 1.82) is 0 Å². The number of benzene rings is 2. The number of nitrogens with zero attached hydrogens (tertiary/aromatic N) is 2. The Labute approximate surface area is 197 Å². The van der Waals surface area contributed by atoms with Gasteiger partial charge in [0, 0.05) is 12.5 Å². The molecule has 0 unspecified atom stereocenters. The molecule has 1 aliphatic heterocycles. The van der Waals surface area contributed by atoms with Gasteiger partial charge in [-0.25, -0.2) is 9.79 Å². The highest BCUT2D eigenvalue weighted by Gasteiger charge is 2.30. The first-order chi connectivity index (χ1) is 15.4. The van der Waals surface area contributed by atoms with Crippen LogP contribution < -0.4 is 9.47 Å². The van der Waals surface area contributed by atoms with Gasteiger partial charge >= 0.3 is 11.9 Å². The van der Waals surface area contributed by atoms with Crippen molar-refractivity contribution in [3.8, 4) is 22.8 Å². The predicted octanol–water partition coefficient (Wildman–Crippen LogP) is 4.53. The summed E-state index contributed by atoms with van der Waals surface area (Å²) >= 11 is 2.03. The van der Waals surface area contributed by atoms with E-state index in [1.165, 1.54) is 14.0 Å². The molecular formula is C23H17IN2O6. The van der Waals surface area contributed by atoms with Gasteiger partial charge in [0.2, 0.25) is 5.90 Å². The van der Waals surface area contributed by atoms with Crippen molar-refractivity contribution in [2.45, 2.75) is 13.8 Å². The number of carbonyl (C=O) groups is 2. The van der Waals surface area contributed by atoms with Crippen LogP contribution in [0.4, 0.5) is 0 Å². The third-order valence-electron chi connectivity index (χ3n) is 4.55. The SMILES string of the molecule is COc1cc(/C=C2\N=C(c3c(-c4ccccc4)noc3C)OC2=O)cc(I)c1OC(C)=O. The molecule has 0 saturated heterocycles. The molecule has 9 heteroatoms. The summed E-state index contributed by atoms with van der Waals surface area (Å²) in [5.41, 5.74) is 2.61. The second kappa shape index (κ2) is 8.95. The highest BCUT2D eigenvalue weighted by atomic mass is 127. The van der Waals surface area contributed by atoms with Gasteiger partial charge in [0.05, 0.1) is 10.7 Å². The van der Waals surface area contributed by atoms with Crippen LogP contribution in [0.1, 0.15) is 23.8 Å². The number of cyclic esters (lactones) is 1. The maximum Gasteiger partial charge on any atom is 0.363 e. The van der Waals surface area contributed by atoms with Gasteiger partial charge in [-0.3, -0.25) is 4.79 Å². The quantitative estimate of drug-likeness (QED) is 0.201. The first kappa shape index (κ1) is 21.8. The Hall–Kier alpha value is -3.47. The first-order valence-electron chi connectivity index (χ1n) is 9.48. The molecule has 2 aromatic carbocycles. The number of halogens is 1. The molecule has 3 aromatic rings. The average Bonchev–Trinajstić information content (AvgIpc) is 3.32. The molecule has 4 rings (SSSR count). The van der Waals surface area contributed by atoms with Crippen LogP contribution in [0.15, 0.2) is 57.7 Å². The zero-order valence-corrected chi connectivity index (χ0v) is 19.5. The van der Waals surface area contributed by atoms with E-state index in [2.05, 4.69) is 10.1 Å². The molecule has 1 aromatic heterocycles. The third kappa shape index (κ3) is 4.28. The van der Waals surface area contributed by atoms with E-state index in [-0.39, 0.29) is 11.6 Å². The number of rotatable bonds is 5. The number of esters is 2. The zero-order valence-electron chi connectivity index (χ0n) is 17.3. The number of ether oxygens (including phenoxy) is 3. The molecule has 0 saturated carbocycles. The highest BCUT2D eigenvalue weighted by molar-refractivity contribution is 14.1. The lowest BCUT2D eigenvalue weighted by Crippen LogP contribution is -2.07. The largest absolute Gasteiger partial charge is 0.493 e. The van der Waals surface area contributed by atoms with Crippen LogP contribution in [0.3, 0.4) is 0 Å². The van der Waals surface area contributed by atoms with Crippen molar-refractivity contribution in [1.82, 2.24) is 5.16 Å². The molecule has 0 aliphatic carbocycles. The maximum atomic E-state index is 12.5.